The van der Waals surface area contributed by atoms with Crippen LogP contribution in [-0.4, -0.2) is 54.0 Å². The van der Waals surface area contributed by atoms with Gasteiger partial charge in [-0.25, -0.2) is 4.39 Å². The maximum Gasteiger partial charge on any atom is 0.234 e. The fourth-order valence-corrected chi connectivity index (χ4v) is 3.00. The van der Waals surface area contributed by atoms with Crippen molar-refractivity contribution in [1.82, 2.24) is 9.80 Å². The van der Waals surface area contributed by atoms with Gasteiger partial charge in [-0.15, -0.1) is 0 Å². The van der Waals surface area contributed by atoms with Crippen LogP contribution < -0.4 is 5.73 Å². The molecule has 2 rings (SSSR count). The Kier molecular flexibility index (Phi) is 5.91. The molecule has 1 aromatic carbocycles. The summed E-state index contributed by atoms with van der Waals surface area (Å²) in [7, 11) is 0. The van der Waals surface area contributed by atoms with Crippen molar-refractivity contribution in [3.63, 3.8) is 0 Å². The lowest BCUT2D eigenvalue weighted by atomic mass is 10.0. The Bertz CT molecular complexity index is 500. The van der Waals surface area contributed by atoms with E-state index in [1.807, 2.05) is 13.0 Å². The zero-order valence-electron chi connectivity index (χ0n) is 13.5. The molecule has 0 aliphatic carbocycles. The molecule has 5 heteroatoms. The van der Waals surface area contributed by atoms with E-state index in [0.717, 1.165) is 44.6 Å². The zero-order valence-corrected chi connectivity index (χ0v) is 13.5. The van der Waals surface area contributed by atoms with Crippen LogP contribution in [0.25, 0.3) is 0 Å². The molecule has 0 saturated carbocycles. The Morgan fingerprint density at radius 3 is 2.45 bits per heavy atom. The molecule has 2 atom stereocenters. The SMILES string of the molecule is C[C@H](CCc1cccc(F)c1)N1CCN([C@H](C)C(N)=O)CC1. The van der Waals surface area contributed by atoms with E-state index in [1.165, 1.54) is 6.07 Å². The van der Waals surface area contributed by atoms with Crippen molar-refractivity contribution in [2.75, 3.05) is 26.2 Å². The number of rotatable bonds is 6. The second-order valence-corrected chi connectivity index (χ2v) is 6.17. The zero-order chi connectivity index (χ0) is 16.1. The van der Waals surface area contributed by atoms with Crippen LogP contribution in [0.4, 0.5) is 4.39 Å². The van der Waals surface area contributed by atoms with Crippen LogP contribution in [0.3, 0.4) is 0 Å². The molecule has 1 heterocycles. The highest BCUT2D eigenvalue weighted by Gasteiger charge is 2.25. The number of carbonyl (C=O) groups is 1. The van der Waals surface area contributed by atoms with Crippen LogP contribution >= 0.6 is 0 Å². The van der Waals surface area contributed by atoms with Gasteiger partial charge in [-0.1, -0.05) is 12.1 Å². The van der Waals surface area contributed by atoms with Gasteiger partial charge in [0.05, 0.1) is 6.04 Å². The fourth-order valence-electron chi connectivity index (χ4n) is 3.00. The van der Waals surface area contributed by atoms with Gasteiger partial charge < -0.3 is 5.73 Å². The highest BCUT2D eigenvalue weighted by Crippen LogP contribution is 2.14. The van der Waals surface area contributed by atoms with Crippen LogP contribution in [0.2, 0.25) is 0 Å². The number of benzene rings is 1. The smallest absolute Gasteiger partial charge is 0.234 e. The molecule has 0 bridgehead atoms. The summed E-state index contributed by atoms with van der Waals surface area (Å²) in [6.45, 7) is 7.71. The molecule has 1 fully saturated rings. The van der Waals surface area contributed by atoms with Gasteiger partial charge in [0.25, 0.3) is 0 Å². The number of nitrogens with two attached hydrogens (primary N) is 1. The van der Waals surface area contributed by atoms with Gasteiger partial charge in [0, 0.05) is 32.2 Å². The molecule has 0 unspecified atom stereocenters. The number of primary amides is 1. The molecule has 4 nitrogen and oxygen atoms in total. The molecule has 22 heavy (non-hydrogen) atoms. The lowest BCUT2D eigenvalue weighted by Gasteiger charge is -2.39. The normalized spacial score (nSPS) is 19.8. The average Bonchev–Trinajstić information content (AvgIpc) is 2.52. The third-order valence-electron chi connectivity index (χ3n) is 4.67. The molecular formula is C17H26FN3O. The highest BCUT2D eigenvalue weighted by molar-refractivity contribution is 5.79. The lowest BCUT2D eigenvalue weighted by molar-refractivity contribution is -0.123. The van der Waals surface area contributed by atoms with Gasteiger partial charge in [0.15, 0.2) is 0 Å². The molecule has 0 radical (unpaired) electrons. The first-order valence-corrected chi connectivity index (χ1v) is 7.99. The summed E-state index contributed by atoms with van der Waals surface area (Å²) in [6.07, 6.45) is 1.89. The Morgan fingerprint density at radius 2 is 1.86 bits per heavy atom. The lowest BCUT2D eigenvalue weighted by Crippen LogP contribution is -2.54. The Labute approximate surface area is 132 Å². The van der Waals surface area contributed by atoms with E-state index >= 15 is 0 Å². The minimum Gasteiger partial charge on any atom is -0.368 e. The first kappa shape index (κ1) is 16.9. The first-order chi connectivity index (χ1) is 10.5. The predicted molar refractivity (Wildman–Crippen MR) is 86.0 cm³/mol. The summed E-state index contributed by atoms with van der Waals surface area (Å²) >= 11 is 0. The van der Waals surface area contributed by atoms with Gasteiger partial charge in [0.1, 0.15) is 5.82 Å². The average molecular weight is 307 g/mol. The molecule has 2 N–H and O–H groups in total. The van der Waals surface area contributed by atoms with Gasteiger partial charge >= 0.3 is 0 Å². The molecule has 0 aromatic heterocycles. The third kappa shape index (κ3) is 4.52. The first-order valence-electron chi connectivity index (χ1n) is 7.99. The maximum absolute atomic E-state index is 13.2. The Balaban J connectivity index is 1.77. The Morgan fingerprint density at radius 1 is 1.23 bits per heavy atom. The maximum atomic E-state index is 13.2. The highest BCUT2D eigenvalue weighted by atomic mass is 19.1. The minimum atomic E-state index is -0.257. The van der Waals surface area contributed by atoms with E-state index in [9.17, 15) is 9.18 Å². The van der Waals surface area contributed by atoms with E-state index in [2.05, 4.69) is 16.7 Å². The molecule has 1 aliphatic heterocycles. The van der Waals surface area contributed by atoms with Gasteiger partial charge in [0.2, 0.25) is 5.91 Å². The topological polar surface area (TPSA) is 49.6 Å². The molecule has 1 saturated heterocycles. The number of carbonyl (C=O) groups excluding carboxylic acids is 1. The second kappa shape index (κ2) is 7.70. The fraction of sp³-hybridized carbons (Fsp3) is 0.588. The molecule has 1 amide bonds. The minimum absolute atomic E-state index is 0.167. The van der Waals surface area contributed by atoms with Crippen molar-refractivity contribution < 1.29 is 9.18 Å². The van der Waals surface area contributed by atoms with Gasteiger partial charge in [-0.3, -0.25) is 14.6 Å². The van der Waals surface area contributed by atoms with E-state index < -0.39 is 0 Å². The summed E-state index contributed by atoms with van der Waals surface area (Å²) in [6, 6.07) is 7.09. The standard InChI is InChI=1S/C17H26FN3O/c1-13(6-7-15-4-3-5-16(18)12-15)20-8-10-21(11-9-20)14(2)17(19)22/h3-5,12-14H,6-11H2,1-2H3,(H2,19,22)/t13-,14-/m1/s1. The second-order valence-electron chi connectivity index (χ2n) is 6.17. The van der Waals surface area contributed by atoms with E-state index in [1.54, 1.807) is 12.1 Å². The third-order valence-corrected chi connectivity index (χ3v) is 4.67. The van der Waals surface area contributed by atoms with Crippen molar-refractivity contribution >= 4 is 5.91 Å². The van der Waals surface area contributed by atoms with Crippen LogP contribution in [0.5, 0.6) is 0 Å². The number of hydrogen-bond acceptors (Lipinski definition) is 3. The van der Waals surface area contributed by atoms with Crippen molar-refractivity contribution in [3.8, 4) is 0 Å². The van der Waals surface area contributed by atoms with E-state index in [-0.39, 0.29) is 17.8 Å². The summed E-state index contributed by atoms with van der Waals surface area (Å²) in [4.78, 5) is 15.8. The largest absolute Gasteiger partial charge is 0.368 e. The monoisotopic (exact) mass is 307 g/mol. The van der Waals surface area contributed by atoms with Crippen molar-refractivity contribution in [3.05, 3.63) is 35.6 Å². The summed E-state index contributed by atoms with van der Waals surface area (Å²) in [5.74, 6) is -0.424. The molecular weight excluding hydrogens is 281 g/mol. The quantitative estimate of drug-likeness (QED) is 0.869. The number of nitrogens with zero attached hydrogens (tertiary/aromatic N) is 2. The van der Waals surface area contributed by atoms with Crippen molar-refractivity contribution in [2.45, 2.75) is 38.8 Å². The summed E-state index contributed by atoms with van der Waals surface area (Å²) < 4.78 is 13.2. The predicted octanol–water partition coefficient (Wildman–Crippen LogP) is 1.64. The number of halogens is 1. The number of hydrogen-bond donors (Lipinski definition) is 1. The van der Waals surface area contributed by atoms with Crippen molar-refractivity contribution in [1.29, 1.82) is 0 Å². The molecule has 1 aromatic rings. The molecule has 122 valence electrons. The van der Waals surface area contributed by atoms with Crippen LogP contribution in [0.1, 0.15) is 25.8 Å². The van der Waals surface area contributed by atoms with Crippen LogP contribution in [0.15, 0.2) is 24.3 Å². The van der Waals surface area contributed by atoms with E-state index in [0.29, 0.717) is 6.04 Å². The Hall–Kier alpha value is -1.46. The van der Waals surface area contributed by atoms with Crippen LogP contribution in [-0.2, 0) is 11.2 Å². The van der Waals surface area contributed by atoms with Crippen LogP contribution in [0, 0.1) is 5.82 Å². The number of amides is 1. The number of aryl methyl sites for hydroxylation is 1. The van der Waals surface area contributed by atoms with Gasteiger partial charge in [-0.2, -0.15) is 0 Å². The summed E-state index contributed by atoms with van der Waals surface area (Å²) in [5.41, 5.74) is 6.41. The summed E-state index contributed by atoms with van der Waals surface area (Å²) in [5, 5.41) is 0. The molecule has 1 aliphatic rings. The van der Waals surface area contributed by atoms with Crippen molar-refractivity contribution in [2.24, 2.45) is 5.73 Å². The molecule has 0 spiro atoms. The van der Waals surface area contributed by atoms with E-state index in [4.69, 9.17) is 5.73 Å². The number of piperazine rings is 1. The van der Waals surface area contributed by atoms with Gasteiger partial charge in [-0.05, 0) is 44.4 Å².